The first-order chi connectivity index (χ1) is 11.5. The number of benzene rings is 1. The lowest BCUT2D eigenvalue weighted by Crippen LogP contribution is -2.41. The predicted molar refractivity (Wildman–Crippen MR) is 94.5 cm³/mol. The maximum absolute atomic E-state index is 13.1. The highest BCUT2D eigenvalue weighted by molar-refractivity contribution is 8.01. The first kappa shape index (κ1) is 18.9. The Kier molecular flexibility index (Phi) is 6.40. The molecule has 1 atom stereocenters. The Bertz CT molecular complexity index is 689. The zero-order chi connectivity index (χ0) is 17.7. The van der Waals surface area contributed by atoms with Gasteiger partial charge in [-0.05, 0) is 18.2 Å². The van der Waals surface area contributed by atoms with Gasteiger partial charge in [0.2, 0.25) is 0 Å². The number of thioether (sulfide) groups is 1. The molecule has 0 N–H and O–H groups in total. The zero-order valence-electron chi connectivity index (χ0n) is 14.0. The minimum absolute atomic E-state index is 0.0259. The molecule has 0 spiro atoms. The largest absolute Gasteiger partial charge is 0.338 e. The lowest BCUT2D eigenvalue weighted by molar-refractivity contribution is -0.102. The highest BCUT2D eigenvalue weighted by Crippen LogP contribution is 2.34. The number of Topliss-reactive ketones (excluding diaryl/α,β-unsaturated/α-hetero) is 1. The van der Waals surface area contributed by atoms with Crippen LogP contribution in [0.15, 0.2) is 30.3 Å². The van der Waals surface area contributed by atoms with Crippen LogP contribution in [-0.2, 0) is 9.47 Å². The molecule has 0 radical (unpaired) electrons. The molecule has 6 nitrogen and oxygen atoms in total. The molecule has 2 rings (SSSR count). The molecule has 8 heteroatoms. The molecule has 1 aromatic carbocycles. The monoisotopic (exact) mass is 369 g/mol. The van der Waals surface area contributed by atoms with E-state index in [1.54, 1.807) is 0 Å². The Hall–Kier alpha value is -1.41. The fraction of sp³-hybridized carbons (Fsp3) is 0.438. The molecule has 0 aliphatic rings. The average Bonchev–Trinajstić information content (AvgIpc) is 3.00. The third-order valence-corrected chi connectivity index (χ3v) is 5.11. The quantitative estimate of drug-likeness (QED) is 0.524. The molecule has 0 saturated carbocycles. The van der Waals surface area contributed by atoms with E-state index in [0.29, 0.717) is 5.75 Å². The van der Waals surface area contributed by atoms with Crippen LogP contribution >= 0.6 is 23.4 Å². The Morgan fingerprint density at radius 3 is 2.50 bits per heavy atom. The summed E-state index contributed by atoms with van der Waals surface area (Å²) in [5.74, 6) is 0.207. The van der Waals surface area contributed by atoms with Gasteiger partial charge in [-0.1, -0.05) is 65.8 Å². The fourth-order valence-electron chi connectivity index (χ4n) is 2.40. The average molecular weight is 370 g/mol. The highest BCUT2D eigenvalue weighted by atomic mass is 35.5. The van der Waals surface area contributed by atoms with Crippen molar-refractivity contribution in [2.45, 2.75) is 25.0 Å². The van der Waals surface area contributed by atoms with E-state index >= 15 is 0 Å². The van der Waals surface area contributed by atoms with Gasteiger partial charge in [0, 0.05) is 14.2 Å². The van der Waals surface area contributed by atoms with Gasteiger partial charge in [0.1, 0.15) is 0 Å². The molecule has 0 bridgehead atoms. The van der Waals surface area contributed by atoms with E-state index in [1.165, 1.54) is 30.7 Å². The van der Waals surface area contributed by atoms with Crippen LogP contribution in [0.25, 0.3) is 0 Å². The number of halogens is 1. The summed E-state index contributed by atoms with van der Waals surface area (Å²) in [6.07, 6.45) is 0. The summed E-state index contributed by atoms with van der Waals surface area (Å²) in [5, 5.41) is 6.46. The van der Waals surface area contributed by atoms with Crippen molar-refractivity contribution in [1.82, 2.24) is 15.0 Å². The van der Waals surface area contributed by atoms with Crippen molar-refractivity contribution in [3.63, 3.8) is 0 Å². The van der Waals surface area contributed by atoms with Crippen LogP contribution in [0.3, 0.4) is 0 Å². The summed E-state index contributed by atoms with van der Waals surface area (Å²) >= 11 is 7.39. The van der Waals surface area contributed by atoms with Crippen LogP contribution in [0, 0.1) is 0 Å². The van der Waals surface area contributed by atoms with E-state index in [-0.39, 0.29) is 16.9 Å². The van der Waals surface area contributed by atoms with E-state index < -0.39 is 10.9 Å². The molecule has 0 aliphatic carbocycles. The molecule has 0 saturated heterocycles. The summed E-state index contributed by atoms with van der Waals surface area (Å²) < 4.78 is 12.2. The third kappa shape index (κ3) is 3.49. The summed E-state index contributed by atoms with van der Waals surface area (Å²) in [7, 11) is 2.85. The zero-order valence-corrected chi connectivity index (χ0v) is 15.6. The lowest BCUT2D eigenvalue weighted by atomic mass is 10.1. The molecule has 0 fully saturated rings. The maximum atomic E-state index is 13.1. The minimum Gasteiger partial charge on any atom is -0.338 e. The van der Waals surface area contributed by atoms with Crippen molar-refractivity contribution < 1.29 is 14.3 Å². The Morgan fingerprint density at radius 2 is 1.96 bits per heavy atom. The second-order valence-electron chi connectivity index (χ2n) is 4.99. The molecule has 0 amide bonds. The molecule has 130 valence electrons. The molecule has 1 heterocycles. The number of aromatic nitrogens is 3. The van der Waals surface area contributed by atoms with Gasteiger partial charge >= 0.3 is 0 Å². The second kappa shape index (κ2) is 8.11. The number of carbonyl (C=O) groups excluding carboxylic acids is 1. The van der Waals surface area contributed by atoms with Crippen molar-refractivity contribution in [1.29, 1.82) is 0 Å². The van der Waals surface area contributed by atoms with Gasteiger partial charge in [0.15, 0.2) is 10.8 Å². The van der Waals surface area contributed by atoms with E-state index in [4.69, 9.17) is 21.1 Å². The lowest BCUT2D eigenvalue weighted by Gasteiger charge is -2.28. The predicted octanol–water partition coefficient (Wildman–Crippen LogP) is 3.42. The first-order valence-electron chi connectivity index (χ1n) is 7.45. The molecule has 24 heavy (non-hydrogen) atoms. The van der Waals surface area contributed by atoms with E-state index in [9.17, 15) is 4.79 Å². The molecular formula is C16H20ClN3O3S. The van der Waals surface area contributed by atoms with Gasteiger partial charge in [-0.15, -0.1) is 5.10 Å². The molecule has 1 aromatic heterocycles. The van der Waals surface area contributed by atoms with Crippen molar-refractivity contribution in [2.24, 2.45) is 0 Å². The number of hydrogen-bond acceptors (Lipinski definition) is 6. The smallest absolute Gasteiger partial charge is 0.286 e. The van der Waals surface area contributed by atoms with Crippen molar-refractivity contribution in [3.8, 4) is 0 Å². The van der Waals surface area contributed by atoms with Gasteiger partial charge in [0.25, 0.3) is 10.9 Å². The number of rotatable bonds is 8. The number of hydrogen-bond donors (Lipinski definition) is 0. The third-order valence-electron chi connectivity index (χ3n) is 3.67. The van der Waals surface area contributed by atoms with Crippen molar-refractivity contribution in [3.05, 3.63) is 46.7 Å². The first-order valence-corrected chi connectivity index (χ1v) is 8.81. The minimum atomic E-state index is -1.48. The van der Waals surface area contributed by atoms with E-state index in [0.717, 1.165) is 5.56 Å². The van der Waals surface area contributed by atoms with Crippen molar-refractivity contribution in [2.75, 3.05) is 20.0 Å². The second-order valence-corrected chi connectivity index (χ2v) is 6.75. The van der Waals surface area contributed by atoms with Crippen LogP contribution in [0.2, 0.25) is 5.15 Å². The number of nitrogens with zero attached hydrogens (tertiary/aromatic N) is 3. The molecule has 0 aliphatic heterocycles. The normalized spacial score (nSPS) is 13.0. The highest BCUT2D eigenvalue weighted by Gasteiger charge is 2.43. The Morgan fingerprint density at radius 1 is 1.33 bits per heavy atom. The SMILES string of the molecule is CCSC(OC)(OC)C(=O)c1c(Cl)nnn1[C@H](C)c1ccccc1. The van der Waals surface area contributed by atoms with Crippen LogP contribution < -0.4 is 0 Å². The molecule has 0 unspecified atom stereocenters. The van der Waals surface area contributed by atoms with E-state index in [2.05, 4.69) is 10.3 Å². The summed E-state index contributed by atoms with van der Waals surface area (Å²) in [4.78, 5) is 13.1. The summed E-state index contributed by atoms with van der Waals surface area (Å²) in [5.41, 5.74) is 1.15. The van der Waals surface area contributed by atoms with Gasteiger partial charge in [0.05, 0.1) is 6.04 Å². The van der Waals surface area contributed by atoms with Gasteiger partial charge in [-0.2, -0.15) is 0 Å². The van der Waals surface area contributed by atoms with Gasteiger partial charge < -0.3 is 9.47 Å². The summed E-state index contributed by atoms with van der Waals surface area (Å²) in [6.45, 7) is 3.83. The van der Waals surface area contributed by atoms with Crippen LogP contribution in [-0.4, -0.2) is 45.9 Å². The van der Waals surface area contributed by atoms with Gasteiger partial charge in [-0.25, -0.2) is 4.68 Å². The van der Waals surface area contributed by atoms with E-state index in [1.807, 2.05) is 44.2 Å². The molecule has 2 aromatic rings. The fourth-order valence-corrected chi connectivity index (χ4v) is 3.45. The topological polar surface area (TPSA) is 66.2 Å². The number of methoxy groups -OCH3 is 2. The van der Waals surface area contributed by atoms with Crippen LogP contribution in [0.5, 0.6) is 0 Å². The van der Waals surface area contributed by atoms with Crippen LogP contribution in [0.4, 0.5) is 0 Å². The number of ether oxygens (including phenoxy) is 2. The Labute approximate surface area is 150 Å². The summed E-state index contributed by atoms with van der Waals surface area (Å²) in [6, 6.07) is 9.46. The van der Waals surface area contributed by atoms with Crippen LogP contribution in [0.1, 0.15) is 35.9 Å². The standard InChI is InChI=1S/C16H20ClN3O3S/c1-5-24-16(22-3,23-4)14(21)13-15(17)18-19-20(13)11(2)12-9-7-6-8-10-12/h6-11H,5H2,1-4H3/t11-/m1/s1. The molecular weight excluding hydrogens is 350 g/mol. The number of ketones is 1. The van der Waals surface area contributed by atoms with Crippen molar-refractivity contribution >= 4 is 29.1 Å². The van der Waals surface area contributed by atoms with Gasteiger partial charge in [-0.3, -0.25) is 4.79 Å². The maximum Gasteiger partial charge on any atom is 0.286 e. The Balaban J connectivity index is 2.48. The number of carbonyl (C=O) groups is 1.